The highest BCUT2D eigenvalue weighted by Crippen LogP contribution is 2.06. The van der Waals surface area contributed by atoms with Gasteiger partial charge < -0.3 is 0 Å². The topological polar surface area (TPSA) is 0 Å². The third-order valence-electron chi connectivity index (χ3n) is 0.996. The summed E-state index contributed by atoms with van der Waals surface area (Å²) >= 11 is 0. The Labute approximate surface area is 55.4 Å². The Kier molecular flexibility index (Phi) is 3.69. The fourth-order valence-electron chi connectivity index (χ4n) is 0.375. The second-order valence-electron chi connectivity index (χ2n) is 1.74. The molecule has 0 aliphatic carbocycles. The van der Waals surface area contributed by atoms with Crippen molar-refractivity contribution in [1.82, 2.24) is 0 Å². The molecule has 0 spiro atoms. The molecular weight excluding hydrogens is 115 g/mol. The van der Waals surface area contributed by atoms with E-state index in [4.69, 9.17) is 0 Å². The summed E-state index contributed by atoms with van der Waals surface area (Å²) in [5, 5.41) is 0. The third kappa shape index (κ3) is 2.85. The van der Waals surface area contributed by atoms with Gasteiger partial charge in [0.2, 0.25) is 0 Å². The molecule has 0 aliphatic heterocycles. The van der Waals surface area contributed by atoms with Gasteiger partial charge in [0.15, 0.2) is 0 Å². The lowest BCUT2D eigenvalue weighted by Gasteiger charge is -1.89. The van der Waals surface area contributed by atoms with E-state index in [1.54, 1.807) is 19.9 Å². The summed E-state index contributed by atoms with van der Waals surface area (Å²) in [5.41, 5.74) is 0.577. The highest BCUT2D eigenvalue weighted by molar-refractivity contribution is 5.24. The minimum atomic E-state index is -0.215. The molecule has 0 aromatic heterocycles. The largest absolute Gasteiger partial charge is 0.207 e. The van der Waals surface area contributed by atoms with Crippen LogP contribution in [0.3, 0.4) is 0 Å². The quantitative estimate of drug-likeness (QED) is 0.499. The Bertz CT molecular complexity index is 152. The van der Waals surface area contributed by atoms with E-state index in [0.717, 1.165) is 0 Å². The molecule has 0 atom stereocenters. The van der Waals surface area contributed by atoms with E-state index in [-0.39, 0.29) is 5.83 Å². The zero-order valence-electron chi connectivity index (χ0n) is 5.82. The van der Waals surface area contributed by atoms with Crippen molar-refractivity contribution in [2.24, 2.45) is 0 Å². The van der Waals surface area contributed by atoms with Crippen LogP contribution in [0.2, 0.25) is 0 Å². The van der Waals surface area contributed by atoms with E-state index < -0.39 is 0 Å². The molecule has 0 aromatic rings. The molecule has 0 N–H and O–H groups in total. The number of hydrogen-bond acceptors (Lipinski definition) is 0. The molecule has 1 heteroatoms. The van der Waals surface area contributed by atoms with E-state index in [0.29, 0.717) is 5.57 Å². The van der Waals surface area contributed by atoms with E-state index in [1.165, 1.54) is 12.2 Å². The van der Waals surface area contributed by atoms with Gasteiger partial charge in [0, 0.05) is 0 Å². The molecule has 0 saturated carbocycles. The second-order valence-corrected chi connectivity index (χ2v) is 1.74. The Morgan fingerprint density at radius 1 is 1.56 bits per heavy atom. The summed E-state index contributed by atoms with van der Waals surface area (Å²) in [6.45, 7) is 6.89. The smallest absolute Gasteiger partial charge is 0.125 e. The van der Waals surface area contributed by atoms with Gasteiger partial charge in [0.05, 0.1) is 0 Å². The molecule has 0 radical (unpaired) electrons. The lowest BCUT2D eigenvalue weighted by Crippen LogP contribution is -1.71. The molecule has 9 heavy (non-hydrogen) atoms. The number of allylic oxidation sites excluding steroid dienone is 5. The predicted molar refractivity (Wildman–Crippen MR) is 38.8 cm³/mol. The first kappa shape index (κ1) is 8.15. The molecule has 0 bridgehead atoms. The Hall–Kier alpha value is -0.850. The first-order valence-corrected chi connectivity index (χ1v) is 2.84. The van der Waals surface area contributed by atoms with E-state index in [9.17, 15) is 4.39 Å². The minimum Gasteiger partial charge on any atom is -0.207 e. The maximum absolute atomic E-state index is 12.5. The normalized spacial score (nSPS) is 13.7. The molecule has 0 saturated heterocycles. The molecule has 0 fully saturated rings. The van der Waals surface area contributed by atoms with Gasteiger partial charge in [0.1, 0.15) is 5.83 Å². The van der Waals surface area contributed by atoms with Crippen molar-refractivity contribution in [2.45, 2.75) is 13.8 Å². The third-order valence-corrected chi connectivity index (χ3v) is 0.996. The summed E-state index contributed by atoms with van der Waals surface area (Å²) < 4.78 is 12.5. The summed E-state index contributed by atoms with van der Waals surface area (Å²) in [7, 11) is 0. The average molecular weight is 126 g/mol. The molecular formula is C8H11F. The first-order chi connectivity index (χ1) is 4.22. The van der Waals surface area contributed by atoms with Crippen molar-refractivity contribution in [3.05, 3.63) is 36.2 Å². The van der Waals surface area contributed by atoms with E-state index in [2.05, 4.69) is 6.58 Å². The SMILES string of the molecule is C=C/C(C)=C(F)\C=C/C. The lowest BCUT2D eigenvalue weighted by atomic mass is 10.2. The van der Waals surface area contributed by atoms with Crippen molar-refractivity contribution >= 4 is 0 Å². The summed E-state index contributed by atoms with van der Waals surface area (Å²) in [4.78, 5) is 0. The van der Waals surface area contributed by atoms with Crippen LogP contribution in [0.5, 0.6) is 0 Å². The minimum absolute atomic E-state index is 0.215. The van der Waals surface area contributed by atoms with Crippen LogP contribution in [0, 0.1) is 0 Å². The zero-order valence-corrected chi connectivity index (χ0v) is 5.82. The highest BCUT2D eigenvalue weighted by Gasteiger charge is 1.88. The highest BCUT2D eigenvalue weighted by atomic mass is 19.1. The molecule has 0 aromatic carbocycles. The molecule has 0 nitrogen and oxygen atoms in total. The zero-order chi connectivity index (χ0) is 7.28. The van der Waals surface area contributed by atoms with Crippen LogP contribution < -0.4 is 0 Å². The summed E-state index contributed by atoms with van der Waals surface area (Å²) in [6, 6.07) is 0. The predicted octanol–water partition coefficient (Wildman–Crippen LogP) is 2.99. The monoisotopic (exact) mass is 126 g/mol. The van der Waals surface area contributed by atoms with Crippen molar-refractivity contribution < 1.29 is 4.39 Å². The molecule has 0 heterocycles. The molecule has 0 amide bonds. The van der Waals surface area contributed by atoms with Crippen molar-refractivity contribution in [3.63, 3.8) is 0 Å². The van der Waals surface area contributed by atoms with Gasteiger partial charge in [-0.15, -0.1) is 0 Å². The maximum Gasteiger partial charge on any atom is 0.125 e. The molecule has 0 rings (SSSR count). The van der Waals surface area contributed by atoms with E-state index >= 15 is 0 Å². The molecule has 0 unspecified atom stereocenters. The van der Waals surface area contributed by atoms with Crippen LogP contribution in [0.1, 0.15) is 13.8 Å². The van der Waals surface area contributed by atoms with Crippen LogP contribution in [-0.4, -0.2) is 0 Å². The van der Waals surface area contributed by atoms with Gasteiger partial charge in [-0.05, 0) is 25.5 Å². The van der Waals surface area contributed by atoms with Gasteiger partial charge in [-0.25, -0.2) is 4.39 Å². The summed E-state index contributed by atoms with van der Waals surface area (Å²) in [6.07, 6.45) is 4.56. The van der Waals surface area contributed by atoms with Crippen molar-refractivity contribution in [3.8, 4) is 0 Å². The maximum atomic E-state index is 12.5. The summed E-state index contributed by atoms with van der Waals surface area (Å²) in [5.74, 6) is -0.215. The van der Waals surface area contributed by atoms with Crippen LogP contribution >= 0.6 is 0 Å². The van der Waals surface area contributed by atoms with Crippen molar-refractivity contribution in [2.75, 3.05) is 0 Å². The fourth-order valence-corrected chi connectivity index (χ4v) is 0.375. The number of rotatable bonds is 2. The molecule has 50 valence electrons. The number of hydrogen-bond donors (Lipinski definition) is 0. The lowest BCUT2D eigenvalue weighted by molar-refractivity contribution is 0.658. The Morgan fingerprint density at radius 2 is 2.11 bits per heavy atom. The number of halogens is 1. The van der Waals surface area contributed by atoms with Crippen molar-refractivity contribution in [1.29, 1.82) is 0 Å². The fraction of sp³-hybridized carbons (Fsp3) is 0.250. The van der Waals surface area contributed by atoms with Crippen LogP contribution in [0.25, 0.3) is 0 Å². The second kappa shape index (κ2) is 4.07. The van der Waals surface area contributed by atoms with E-state index in [1.807, 2.05) is 0 Å². The standard InChI is InChI=1S/C8H11F/c1-4-6-8(9)7(3)5-2/h4-6H,2H2,1,3H3/b6-4-,8-7+. The van der Waals surface area contributed by atoms with Crippen LogP contribution in [0.4, 0.5) is 4.39 Å². The van der Waals surface area contributed by atoms with Crippen LogP contribution in [-0.2, 0) is 0 Å². The molecule has 0 aliphatic rings. The van der Waals surface area contributed by atoms with Gasteiger partial charge in [-0.3, -0.25) is 0 Å². The van der Waals surface area contributed by atoms with Gasteiger partial charge in [-0.1, -0.05) is 18.7 Å². The first-order valence-electron chi connectivity index (χ1n) is 2.84. The van der Waals surface area contributed by atoms with Gasteiger partial charge >= 0.3 is 0 Å². The van der Waals surface area contributed by atoms with Gasteiger partial charge in [0.25, 0.3) is 0 Å². The van der Waals surface area contributed by atoms with Crippen LogP contribution in [0.15, 0.2) is 36.2 Å². The average Bonchev–Trinajstić information content (AvgIpc) is 1.87. The Morgan fingerprint density at radius 3 is 2.44 bits per heavy atom. The van der Waals surface area contributed by atoms with Gasteiger partial charge in [-0.2, -0.15) is 0 Å². The Balaban J connectivity index is 4.27.